The number of hydrogen-bond donors (Lipinski definition) is 3. The first-order valence-electron chi connectivity index (χ1n) is 10.4. The minimum atomic E-state index is -0.528. The van der Waals surface area contributed by atoms with E-state index in [9.17, 15) is 14.7 Å². The first-order valence-corrected chi connectivity index (χ1v) is 11.2. The molecule has 0 spiro atoms. The number of aromatic amines is 1. The van der Waals surface area contributed by atoms with E-state index in [1.165, 1.54) is 4.57 Å². The Balaban J connectivity index is 1.82. The summed E-state index contributed by atoms with van der Waals surface area (Å²) in [6.07, 6.45) is 2.47. The summed E-state index contributed by atoms with van der Waals surface area (Å²) in [7, 11) is 0. The van der Waals surface area contributed by atoms with Crippen LogP contribution in [0.4, 0.5) is 0 Å². The number of aromatic nitrogens is 2. The van der Waals surface area contributed by atoms with Crippen molar-refractivity contribution in [1.29, 1.82) is 0 Å². The number of para-hydroxylation sites is 1. The molecule has 0 radical (unpaired) electrons. The number of nitrogens with zero attached hydrogens (tertiary/aromatic N) is 2. The molecule has 0 bridgehead atoms. The summed E-state index contributed by atoms with van der Waals surface area (Å²) in [6, 6.07) is 14.3. The van der Waals surface area contributed by atoms with Gasteiger partial charge in [0.1, 0.15) is 5.56 Å². The number of halogens is 1. The van der Waals surface area contributed by atoms with E-state index in [-0.39, 0.29) is 22.1 Å². The molecule has 7 nitrogen and oxygen atoms in total. The molecule has 0 fully saturated rings. The SMILES string of the molecule is CCC(=O)NCCC1=c2ccccc2=N/C1=C\c1c(O)n(-c2ccc(Cl)cc2)c(=S)[nH]c1=O. The average Bonchev–Trinajstić information content (AvgIpc) is 3.15. The number of carbonyl (C=O) groups is 1. The van der Waals surface area contributed by atoms with Crippen molar-refractivity contribution >= 4 is 41.4 Å². The molecule has 1 aliphatic heterocycles. The number of benzene rings is 2. The van der Waals surface area contributed by atoms with Crippen molar-refractivity contribution in [2.75, 3.05) is 6.54 Å². The highest BCUT2D eigenvalue weighted by atomic mass is 35.5. The molecule has 2 aromatic carbocycles. The molecule has 1 aliphatic rings. The Hall–Kier alpha value is -3.49. The van der Waals surface area contributed by atoms with Crippen molar-refractivity contribution in [3.63, 3.8) is 0 Å². The van der Waals surface area contributed by atoms with Gasteiger partial charge in [-0.25, -0.2) is 4.99 Å². The normalized spacial score (nSPS) is 13.6. The smallest absolute Gasteiger partial charge is 0.262 e. The van der Waals surface area contributed by atoms with Crippen LogP contribution in [0.1, 0.15) is 25.3 Å². The molecule has 3 N–H and O–H groups in total. The number of H-pyrrole nitrogens is 1. The number of carbonyl (C=O) groups excluding carboxylic acids is 1. The van der Waals surface area contributed by atoms with E-state index in [0.29, 0.717) is 35.8 Å². The quantitative estimate of drug-likeness (QED) is 0.472. The maximum atomic E-state index is 12.7. The number of rotatable bonds is 6. The fourth-order valence-electron chi connectivity index (χ4n) is 3.63. The maximum Gasteiger partial charge on any atom is 0.262 e. The van der Waals surface area contributed by atoms with Gasteiger partial charge in [-0.2, -0.15) is 0 Å². The lowest BCUT2D eigenvalue weighted by Gasteiger charge is -2.12. The summed E-state index contributed by atoms with van der Waals surface area (Å²) in [5.41, 5.74) is 1.47. The summed E-state index contributed by atoms with van der Waals surface area (Å²) in [4.78, 5) is 31.7. The molecular weight excluding hydrogens is 460 g/mol. The van der Waals surface area contributed by atoms with Crippen LogP contribution >= 0.6 is 23.8 Å². The van der Waals surface area contributed by atoms with Crippen molar-refractivity contribution in [2.24, 2.45) is 4.99 Å². The van der Waals surface area contributed by atoms with Gasteiger partial charge in [-0.3, -0.25) is 19.1 Å². The fourth-order valence-corrected chi connectivity index (χ4v) is 4.04. The van der Waals surface area contributed by atoms with E-state index in [0.717, 1.165) is 16.1 Å². The molecule has 1 aromatic heterocycles. The fraction of sp³-hybridized carbons (Fsp3) is 0.167. The molecule has 2 heterocycles. The molecular formula is C24H21ClN4O3S. The van der Waals surface area contributed by atoms with E-state index in [4.69, 9.17) is 23.8 Å². The molecule has 0 saturated heterocycles. The van der Waals surface area contributed by atoms with Crippen LogP contribution in [0.3, 0.4) is 0 Å². The number of allylic oxidation sites excluding steroid dienone is 1. The van der Waals surface area contributed by atoms with Crippen LogP contribution in [0.15, 0.2) is 64.0 Å². The average molecular weight is 481 g/mol. The van der Waals surface area contributed by atoms with Crippen molar-refractivity contribution < 1.29 is 9.90 Å². The molecule has 0 atom stereocenters. The second-order valence-electron chi connectivity index (χ2n) is 7.40. The van der Waals surface area contributed by atoms with Gasteiger partial charge in [-0.1, -0.05) is 36.7 Å². The van der Waals surface area contributed by atoms with Crippen LogP contribution in [-0.4, -0.2) is 27.1 Å². The molecule has 168 valence electrons. The third kappa shape index (κ3) is 4.67. The van der Waals surface area contributed by atoms with Crippen molar-refractivity contribution in [2.45, 2.75) is 19.8 Å². The predicted molar refractivity (Wildman–Crippen MR) is 130 cm³/mol. The zero-order chi connectivity index (χ0) is 23.5. The standard InChI is InChI=1S/C24H21ClN4O3S/c1-2-21(30)26-12-11-17-16-5-3-4-6-19(16)27-20(17)13-18-22(31)28-24(33)29(23(18)32)15-9-7-14(25)8-10-15/h3-10,13,32H,2,11-12H2,1H3,(H,26,30)(H,28,31,33)/b20-13-. The molecule has 0 aliphatic carbocycles. The second kappa shape index (κ2) is 9.56. The molecule has 0 saturated carbocycles. The molecule has 1 amide bonds. The predicted octanol–water partition coefficient (Wildman–Crippen LogP) is 3.00. The first kappa shape index (κ1) is 22.7. The van der Waals surface area contributed by atoms with Crippen LogP contribution in [0, 0.1) is 4.77 Å². The van der Waals surface area contributed by atoms with Crippen LogP contribution < -0.4 is 21.5 Å². The molecule has 3 aromatic rings. The highest BCUT2D eigenvalue weighted by molar-refractivity contribution is 7.71. The van der Waals surface area contributed by atoms with Crippen LogP contribution in [-0.2, 0) is 4.79 Å². The second-order valence-corrected chi connectivity index (χ2v) is 8.22. The van der Waals surface area contributed by atoms with Gasteiger partial charge in [-0.05, 0) is 60.6 Å². The summed E-state index contributed by atoms with van der Waals surface area (Å²) in [6.45, 7) is 2.23. The lowest BCUT2D eigenvalue weighted by atomic mass is 10.1. The largest absolute Gasteiger partial charge is 0.494 e. The topological polar surface area (TPSA) is 99.5 Å². The third-order valence-corrected chi connectivity index (χ3v) is 5.82. The van der Waals surface area contributed by atoms with Crippen LogP contribution in [0.2, 0.25) is 5.02 Å². The lowest BCUT2D eigenvalue weighted by Crippen LogP contribution is -2.26. The van der Waals surface area contributed by atoms with E-state index >= 15 is 0 Å². The van der Waals surface area contributed by atoms with Crippen LogP contribution in [0.25, 0.3) is 17.3 Å². The number of fused-ring (bicyclic) bond motifs is 1. The van der Waals surface area contributed by atoms with Crippen LogP contribution in [0.5, 0.6) is 5.88 Å². The van der Waals surface area contributed by atoms with Crippen molar-refractivity contribution in [3.05, 3.63) is 90.5 Å². The monoisotopic (exact) mass is 480 g/mol. The Labute approximate surface area is 199 Å². The summed E-state index contributed by atoms with van der Waals surface area (Å²) < 4.78 is 1.42. The van der Waals surface area contributed by atoms with E-state index in [2.05, 4.69) is 15.3 Å². The van der Waals surface area contributed by atoms with Gasteiger partial charge in [-0.15, -0.1) is 0 Å². The number of nitrogens with one attached hydrogen (secondary N) is 2. The Morgan fingerprint density at radius 1 is 1.24 bits per heavy atom. The van der Waals surface area contributed by atoms with E-state index in [1.807, 2.05) is 24.3 Å². The zero-order valence-corrected chi connectivity index (χ0v) is 19.3. The molecule has 4 rings (SSSR count). The highest BCUT2D eigenvalue weighted by Crippen LogP contribution is 2.26. The summed E-state index contributed by atoms with van der Waals surface area (Å²) in [5, 5.41) is 16.1. The van der Waals surface area contributed by atoms with Gasteiger partial charge in [0.25, 0.3) is 5.56 Å². The summed E-state index contributed by atoms with van der Waals surface area (Å²) >= 11 is 11.3. The number of amides is 1. The van der Waals surface area contributed by atoms with Gasteiger partial charge < -0.3 is 10.4 Å². The molecule has 9 heteroatoms. The van der Waals surface area contributed by atoms with Gasteiger partial charge in [0, 0.05) is 23.2 Å². The third-order valence-electron chi connectivity index (χ3n) is 5.28. The van der Waals surface area contributed by atoms with E-state index < -0.39 is 5.56 Å². The Kier molecular flexibility index (Phi) is 6.57. The summed E-state index contributed by atoms with van der Waals surface area (Å²) in [5.74, 6) is -0.341. The minimum Gasteiger partial charge on any atom is -0.494 e. The van der Waals surface area contributed by atoms with Gasteiger partial charge in [0.05, 0.1) is 16.7 Å². The Morgan fingerprint density at radius 2 is 1.97 bits per heavy atom. The van der Waals surface area contributed by atoms with E-state index in [1.54, 1.807) is 37.3 Å². The number of hydrogen-bond acceptors (Lipinski definition) is 5. The van der Waals surface area contributed by atoms with Crippen molar-refractivity contribution in [1.82, 2.24) is 14.9 Å². The van der Waals surface area contributed by atoms with Gasteiger partial charge in [0.15, 0.2) is 4.77 Å². The zero-order valence-electron chi connectivity index (χ0n) is 17.8. The molecule has 0 unspecified atom stereocenters. The van der Waals surface area contributed by atoms with Gasteiger partial charge in [0.2, 0.25) is 11.8 Å². The molecule has 33 heavy (non-hydrogen) atoms. The lowest BCUT2D eigenvalue weighted by molar-refractivity contribution is -0.120. The number of aromatic hydroxyl groups is 1. The first-order chi connectivity index (χ1) is 15.9. The Morgan fingerprint density at radius 3 is 2.70 bits per heavy atom. The van der Waals surface area contributed by atoms with Crippen molar-refractivity contribution in [3.8, 4) is 11.6 Å². The maximum absolute atomic E-state index is 12.7. The highest BCUT2D eigenvalue weighted by Gasteiger charge is 2.18. The minimum absolute atomic E-state index is 0.0280. The van der Waals surface area contributed by atoms with Gasteiger partial charge >= 0.3 is 0 Å². The Bertz CT molecular complexity index is 1500.